The third kappa shape index (κ3) is 4.12. The van der Waals surface area contributed by atoms with Gasteiger partial charge in [0.25, 0.3) is 5.56 Å². The molecule has 28 heavy (non-hydrogen) atoms. The molecule has 0 bridgehead atoms. The van der Waals surface area contributed by atoms with Gasteiger partial charge in [-0.25, -0.2) is 9.97 Å². The first-order chi connectivity index (χ1) is 13.7. The molecule has 0 saturated heterocycles. The summed E-state index contributed by atoms with van der Waals surface area (Å²) >= 11 is 0. The van der Waals surface area contributed by atoms with Crippen LogP contribution in [-0.4, -0.2) is 20.9 Å². The van der Waals surface area contributed by atoms with Crippen LogP contribution in [0.1, 0.15) is 16.7 Å². The number of H-pyrrole nitrogens is 1. The van der Waals surface area contributed by atoms with E-state index >= 15 is 0 Å². The number of rotatable bonds is 5. The van der Waals surface area contributed by atoms with Crippen LogP contribution in [0.5, 0.6) is 0 Å². The van der Waals surface area contributed by atoms with E-state index in [0.29, 0.717) is 12.0 Å². The summed E-state index contributed by atoms with van der Waals surface area (Å²) in [5.74, 6) is 0.0854. The zero-order valence-corrected chi connectivity index (χ0v) is 15.1. The summed E-state index contributed by atoms with van der Waals surface area (Å²) in [6.07, 6.45) is 3.90. The Bertz CT molecular complexity index is 1170. The lowest BCUT2D eigenvalue weighted by molar-refractivity contribution is -0.115. The average Bonchev–Trinajstić information content (AvgIpc) is 2.70. The number of nitrogens with one attached hydrogen (secondary N) is 2. The Hall–Kier alpha value is -3.80. The van der Waals surface area contributed by atoms with Crippen molar-refractivity contribution in [1.82, 2.24) is 15.0 Å². The maximum Gasteiger partial charge on any atom is 0.251 e. The molecule has 0 aliphatic carbocycles. The molecular weight excluding hydrogens is 352 g/mol. The van der Waals surface area contributed by atoms with Crippen LogP contribution in [0.25, 0.3) is 10.9 Å². The number of anilines is 1. The molecular formula is C22H18N4O2. The van der Waals surface area contributed by atoms with E-state index < -0.39 is 0 Å². The minimum atomic E-state index is -0.195. The standard InChI is InChI=1S/C22H18N4O2/c27-20(26-22-23-9-4-10-24-22)13-16-7-8-19-17(12-16)14-18(21(28)25-19)11-15-5-2-1-3-6-15/h1-10,12,14H,11,13H2,(H,25,28)(H,23,24,26,27). The second-order valence-corrected chi connectivity index (χ2v) is 6.51. The number of hydrogen-bond acceptors (Lipinski definition) is 4. The van der Waals surface area contributed by atoms with E-state index in [1.807, 2.05) is 54.6 Å². The number of benzene rings is 2. The van der Waals surface area contributed by atoms with Crippen molar-refractivity contribution < 1.29 is 4.79 Å². The van der Waals surface area contributed by atoms with Gasteiger partial charge in [0.15, 0.2) is 0 Å². The highest BCUT2D eigenvalue weighted by atomic mass is 16.1. The Morgan fingerprint density at radius 1 is 0.929 bits per heavy atom. The van der Waals surface area contributed by atoms with E-state index in [9.17, 15) is 9.59 Å². The molecule has 6 heteroatoms. The summed E-state index contributed by atoms with van der Waals surface area (Å²) < 4.78 is 0. The van der Waals surface area contributed by atoms with Gasteiger partial charge in [-0.15, -0.1) is 0 Å². The number of aromatic nitrogens is 3. The second-order valence-electron chi connectivity index (χ2n) is 6.51. The third-order valence-electron chi connectivity index (χ3n) is 4.40. The molecule has 2 N–H and O–H groups in total. The molecule has 0 fully saturated rings. The van der Waals surface area contributed by atoms with Gasteiger partial charge in [0.05, 0.1) is 6.42 Å². The van der Waals surface area contributed by atoms with E-state index in [1.165, 1.54) is 0 Å². The van der Waals surface area contributed by atoms with Crippen LogP contribution in [-0.2, 0) is 17.6 Å². The van der Waals surface area contributed by atoms with E-state index in [0.717, 1.165) is 22.0 Å². The van der Waals surface area contributed by atoms with Crippen molar-refractivity contribution in [1.29, 1.82) is 0 Å². The van der Waals surface area contributed by atoms with Crippen LogP contribution >= 0.6 is 0 Å². The summed E-state index contributed by atoms with van der Waals surface area (Å²) in [6.45, 7) is 0. The largest absolute Gasteiger partial charge is 0.322 e. The van der Waals surface area contributed by atoms with Crippen molar-refractivity contribution in [2.24, 2.45) is 0 Å². The Labute approximate surface area is 161 Å². The predicted molar refractivity (Wildman–Crippen MR) is 108 cm³/mol. The zero-order chi connectivity index (χ0) is 19.3. The van der Waals surface area contributed by atoms with Gasteiger partial charge in [-0.3, -0.25) is 14.9 Å². The number of pyridine rings is 1. The SMILES string of the molecule is O=C(Cc1ccc2[nH]c(=O)c(Cc3ccccc3)cc2c1)Nc1ncccn1. The third-order valence-corrected chi connectivity index (χ3v) is 4.40. The molecule has 2 heterocycles. The highest BCUT2D eigenvalue weighted by Crippen LogP contribution is 2.16. The molecule has 2 aromatic heterocycles. The van der Waals surface area contributed by atoms with Gasteiger partial charge < -0.3 is 4.98 Å². The van der Waals surface area contributed by atoms with Crippen LogP contribution in [0.3, 0.4) is 0 Å². The average molecular weight is 370 g/mol. The van der Waals surface area contributed by atoms with Crippen molar-refractivity contribution in [3.05, 3.63) is 100 Å². The number of carbonyl (C=O) groups excluding carboxylic acids is 1. The summed E-state index contributed by atoms with van der Waals surface area (Å²) in [4.78, 5) is 35.5. The number of fused-ring (bicyclic) bond motifs is 1. The molecule has 2 aromatic carbocycles. The molecule has 0 aliphatic heterocycles. The smallest absolute Gasteiger partial charge is 0.251 e. The quantitative estimate of drug-likeness (QED) is 0.565. The van der Waals surface area contributed by atoms with E-state index in [1.54, 1.807) is 18.5 Å². The molecule has 0 radical (unpaired) electrons. The highest BCUT2D eigenvalue weighted by molar-refractivity contribution is 5.91. The molecule has 1 amide bonds. The topological polar surface area (TPSA) is 87.7 Å². The van der Waals surface area contributed by atoms with Crippen molar-refractivity contribution in [3.63, 3.8) is 0 Å². The summed E-state index contributed by atoms with van der Waals surface area (Å²) in [5.41, 5.74) is 3.27. The number of nitrogens with zero attached hydrogens (tertiary/aromatic N) is 2. The summed E-state index contributed by atoms with van der Waals surface area (Å²) in [6, 6.07) is 19.0. The highest BCUT2D eigenvalue weighted by Gasteiger charge is 2.08. The summed E-state index contributed by atoms with van der Waals surface area (Å²) in [7, 11) is 0. The van der Waals surface area contributed by atoms with Crippen LogP contribution in [0.2, 0.25) is 0 Å². The summed E-state index contributed by atoms with van der Waals surface area (Å²) in [5, 5.41) is 3.57. The van der Waals surface area contributed by atoms with Gasteiger partial charge in [0.2, 0.25) is 11.9 Å². The van der Waals surface area contributed by atoms with E-state index in [-0.39, 0.29) is 23.8 Å². The fourth-order valence-corrected chi connectivity index (χ4v) is 3.08. The monoisotopic (exact) mass is 370 g/mol. The number of carbonyl (C=O) groups is 1. The van der Waals surface area contributed by atoms with Gasteiger partial charge in [-0.05, 0) is 40.8 Å². The first-order valence-electron chi connectivity index (χ1n) is 8.93. The van der Waals surface area contributed by atoms with Crippen LogP contribution in [0.15, 0.2) is 77.9 Å². The van der Waals surface area contributed by atoms with Crippen molar-refractivity contribution in [2.45, 2.75) is 12.8 Å². The Morgan fingerprint density at radius 3 is 2.50 bits per heavy atom. The first-order valence-corrected chi connectivity index (χ1v) is 8.93. The lowest BCUT2D eigenvalue weighted by Gasteiger charge is -2.07. The first kappa shape index (κ1) is 17.6. The fourth-order valence-electron chi connectivity index (χ4n) is 3.08. The van der Waals surface area contributed by atoms with Gasteiger partial charge in [-0.1, -0.05) is 36.4 Å². The Balaban J connectivity index is 1.56. The number of hydrogen-bond donors (Lipinski definition) is 2. The molecule has 0 unspecified atom stereocenters. The van der Waals surface area contributed by atoms with Crippen molar-refractivity contribution in [2.75, 3.05) is 5.32 Å². The minimum Gasteiger partial charge on any atom is -0.322 e. The molecule has 4 aromatic rings. The fraction of sp³-hybridized carbons (Fsp3) is 0.0909. The lowest BCUT2D eigenvalue weighted by Crippen LogP contribution is -2.16. The number of amides is 1. The van der Waals surface area contributed by atoms with Crippen LogP contribution in [0, 0.1) is 0 Å². The minimum absolute atomic E-state index is 0.0944. The normalized spacial score (nSPS) is 10.7. The van der Waals surface area contributed by atoms with Crippen LogP contribution < -0.4 is 10.9 Å². The lowest BCUT2D eigenvalue weighted by atomic mass is 10.0. The molecule has 6 nitrogen and oxygen atoms in total. The number of aromatic amines is 1. The van der Waals surface area contributed by atoms with Gasteiger partial charge >= 0.3 is 0 Å². The maximum atomic E-state index is 12.4. The molecule has 0 atom stereocenters. The Morgan fingerprint density at radius 2 is 1.71 bits per heavy atom. The molecule has 4 rings (SSSR count). The van der Waals surface area contributed by atoms with Crippen molar-refractivity contribution in [3.8, 4) is 0 Å². The van der Waals surface area contributed by atoms with Gasteiger partial charge in [-0.2, -0.15) is 0 Å². The van der Waals surface area contributed by atoms with Gasteiger partial charge in [0.1, 0.15) is 0 Å². The Kier molecular flexibility index (Phi) is 4.93. The van der Waals surface area contributed by atoms with Gasteiger partial charge in [0, 0.05) is 29.9 Å². The van der Waals surface area contributed by atoms with Crippen LogP contribution in [0.4, 0.5) is 5.95 Å². The molecule has 0 saturated carbocycles. The van der Waals surface area contributed by atoms with E-state index in [2.05, 4.69) is 20.3 Å². The molecule has 0 aliphatic rings. The van der Waals surface area contributed by atoms with Crippen molar-refractivity contribution >= 4 is 22.8 Å². The van der Waals surface area contributed by atoms with E-state index in [4.69, 9.17) is 0 Å². The predicted octanol–water partition coefficient (Wildman–Crippen LogP) is 3.09. The molecule has 0 spiro atoms. The maximum absolute atomic E-state index is 12.4. The second kappa shape index (κ2) is 7.84. The molecule has 138 valence electrons. The zero-order valence-electron chi connectivity index (χ0n) is 15.1.